The van der Waals surface area contributed by atoms with E-state index >= 15 is 0 Å². The molecule has 0 aromatic heterocycles. The van der Waals surface area contributed by atoms with E-state index in [4.69, 9.17) is 9.47 Å². The molecule has 172 valence electrons. The second-order valence-electron chi connectivity index (χ2n) is 9.29. The van der Waals surface area contributed by atoms with E-state index in [0.29, 0.717) is 30.8 Å². The van der Waals surface area contributed by atoms with Crippen LogP contribution >= 0.6 is 0 Å². The minimum atomic E-state index is -1.15. The van der Waals surface area contributed by atoms with Gasteiger partial charge in [0, 0.05) is 24.6 Å². The van der Waals surface area contributed by atoms with Crippen LogP contribution in [0.4, 0.5) is 0 Å². The zero-order valence-electron chi connectivity index (χ0n) is 18.1. The summed E-state index contributed by atoms with van der Waals surface area (Å²) < 4.78 is 11.9. The maximum Gasteiger partial charge on any atom is 0.312 e. The highest BCUT2D eigenvalue weighted by molar-refractivity contribution is 5.80. The Kier molecular flexibility index (Phi) is 4.77. The number of ether oxygens (including phenoxy) is 2. The lowest BCUT2D eigenvalue weighted by atomic mass is 9.50. The third-order valence-corrected chi connectivity index (χ3v) is 7.59. The highest BCUT2D eigenvalue weighted by Gasteiger charge is 2.72. The largest absolute Gasteiger partial charge is 0.504 e. The number of likely N-dealkylation sites (N-methyl/N-ethyl adjacent to an activating group) is 1. The number of hydrogen-bond donors (Lipinski definition) is 4. The summed E-state index contributed by atoms with van der Waals surface area (Å²) in [5.41, 5.74) is -0.0515. The fourth-order valence-corrected chi connectivity index (χ4v) is 6.06. The first-order chi connectivity index (χ1) is 15.2. The number of rotatable bonds is 5. The van der Waals surface area contributed by atoms with Gasteiger partial charge in [-0.2, -0.15) is 0 Å². The summed E-state index contributed by atoms with van der Waals surface area (Å²) in [4.78, 5) is 26.2. The molecule has 1 unspecified atom stereocenters. The van der Waals surface area contributed by atoms with Crippen LogP contribution in [-0.2, 0) is 26.2 Å². The molecule has 2 aliphatic heterocycles. The van der Waals surface area contributed by atoms with Gasteiger partial charge in [0.25, 0.3) is 0 Å². The SMILES string of the molecule is CC(O)C(=O)NCCC(=O)OC1=CC[C@@]2(O)[C@H]3Cc4ccc(O)c5c4[C@@]2(CCN3C)[C@H]1O5. The number of phenols is 1. The summed E-state index contributed by atoms with van der Waals surface area (Å²) in [6.45, 7) is 2.13. The predicted molar refractivity (Wildman–Crippen MR) is 112 cm³/mol. The number of phenolic OH excluding ortho intramolecular Hbond substituents is 1. The van der Waals surface area contributed by atoms with E-state index in [0.717, 1.165) is 17.7 Å². The standard InChI is InChI=1S/C23H28N2O7/c1-12(26)21(29)24-9-6-17(28)31-15-5-7-23(30)16-11-13-3-4-14(27)19-18(13)22(23,20(15)32-19)8-10-25(16)2/h3-5,12,16,20,26-27,30H,6-11H2,1-2H3,(H,24,29)/t12?,16-,20+,22+,23-/m1/s1. The summed E-state index contributed by atoms with van der Waals surface area (Å²) in [5, 5.41) is 34.2. The van der Waals surface area contributed by atoms with Crippen molar-refractivity contribution in [2.24, 2.45) is 0 Å². The Labute approximate surface area is 185 Å². The zero-order chi connectivity index (χ0) is 22.8. The molecule has 1 amide bonds. The third kappa shape index (κ3) is 2.74. The van der Waals surface area contributed by atoms with Crippen molar-refractivity contribution in [3.8, 4) is 11.5 Å². The topological polar surface area (TPSA) is 129 Å². The van der Waals surface area contributed by atoms with E-state index in [1.165, 1.54) is 6.92 Å². The van der Waals surface area contributed by atoms with Crippen LogP contribution in [0.15, 0.2) is 24.0 Å². The Morgan fingerprint density at radius 1 is 1.41 bits per heavy atom. The van der Waals surface area contributed by atoms with Crippen molar-refractivity contribution in [2.75, 3.05) is 20.1 Å². The average molecular weight is 444 g/mol. The van der Waals surface area contributed by atoms with Gasteiger partial charge in [-0.3, -0.25) is 9.59 Å². The lowest BCUT2D eigenvalue weighted by Crippen LogP contribution is -2.74. The van der Waals surface area contributed by atoms with Crippen LogP contribution in [0.3, 0.4) is 0 Å². The van der Waals surface area contributed by atoms with Crippen molar-refractivity contribution in [1.29, 1.82) is 0 Å². The van der Waals surface area contributed by atoms with Gasteiger partial charge in [-0.05, 0) is 51.1 Å². The molecule has 4 aliphatic rings. The van der Waals surface area contributed by atoms with Crippen LogP contribution < -0.4 is 10.1 Å². The first-order valence-corrected chi connectivity index (χ1v) is 11.0. The van der Waals surface area contributed by atoms with E-state index in [9.17, 15) is 24.9 Å². The summed E-state index contributed by atoms with van der Waals surface area (Å²) in [6, 6.07) is 3.39. The number of esters is 1. The van der Waals surface area contributed by atoms with Gasteiger partial charge in [-0.15, -0.1) is 0 Å². The number of aromatic hydroxyl groups is 1. The first kappa shape index (κ1) is 21.2. The Balaban J connectivity index is 1.45. The Hall–Kier alpha value is -2.62. The van der Waals surface area contributed by atoms with E-state index in [2.05, 4.69) is 10.2 Å². The lowest BCUT2D eigenvalue weighted by molar-refractivity contribution is -0.169. The number of likely N-dealkylation sites (tertiary alicyclic amines) is 1. The Bertz CT molecular complexity index is 1020. The van der Waals surface area contributed by atoms with Crippen LogP contribution in [0.1, 0.15) is 37.3 Å². The molecule has 1 aromatic carbocycles. The number of hydrogen-bond acceptors (Lipinski definition) is 8. The number of carbonyl (C=O) groups excluding carboxylic acids is 2. The number of aliphatic hydroxyl groups is 2. The minimum Gasteiger partial charge on any atom is -0.504 e. The van der Waals surface area contributed by atoms with Crippen LogP contribution in [0.5, 0.6) is 11.5 Å². The summed E-state index contributed by atoms with van der Waals surface area (Å²) in [6.07, 6.45) is 1.32. The third-order valence-electron chi connectivity index (χ3n) is 7.59. The van der Waals surface area contributed by atoms with Gasteiger partial charge in [0.2, 0.25) is 5.91 Å². The Morgan fingerprint density at radius 2 is 2.19 bits per heavy atom. The fourth-order valence-electron chi connectivity index (χ4n) is 6.06. The van der Waals surface area contributed by atoms with Gasteiger partial charge in [-0.1, -0.05) is 6.07 Å². The van der Waals surface area contributed by atoms with Crippen LogP contribution in [-0.4, -0.2) is 76.1 Å². The average Bonchev–Trinajstić information content (AvgIpc) is 3.10. The molecule has 32 heavy (non-hydrogen) atoms. The van der Waals surface area contributed by atoms with Crippen molar-refractivity contribution in [3.63, 3.8) is 0 Å². The van der Waals surface area contributed by atoms with Gasteiger partial charge >= 0.3 is 5.97 Å². The van der Waals surface area contributed by atoms with Crippen molar-refractivity contribution >= 4 is 11.9 Å². The molecule has 9 nitrogen and oxygen atoms in total. The highest BCUT2D eigenvalue weighted by Crippen LogP contribution is 2.65. The molecule has 2 heterocycles. The quantitative estimate of drug-likeness (QED) is 0.471. The second kappa shape index (κ2) is 7.19. The fraction of sp³-hybridized carbons (Fsp3) is 0.565. The van der Waals surface area contributed by atoms with Gasteiger partial charge in [0.15, 0.2) is 17.6 Å². The van der Waals surface area contributed by atoms with Crippen LogP contribution in [0, 0.1) is 0 Å². The maximum atomic E-state index is 12.5. The number of carbonyl (C=O) groups is 2. The lowest BCUT2D eigenvalue weighted by Gasteiger charge is -2.61. The first-order valence-electron chi connectivity index (χ1n) is 11.0. The van der Waals surface area contributed by atoms with Crippen LogP contribution in [0.25, 0.3) is 0 Å². The number of aliphatic hydroxyl groups excluding tert-OH is 1. The minimum absolute atomic E-state index is 0.0127. The molecular weight excluding hydrogens is 416 g/mol. The molecule has 1 saturated heterocycles. The molecule has 0 radical (unpaired) electrons. The van der Waals surface area contributed by atoms with E-state index in [1.54, 1.807) is 12.1 Å². The molecule has 5 atom stereocenters. The Morgan fingerprint density at radius 3 is 2.94 bits per heavy atom. The molecule has 0 saturated carbocycles. The smallest absolute Gasteiger partial charge is 0.312 e. The number of benzene rings is 1. The molecule has 1 aromatic rings. The van der Waals surface area contributed by atoms with Crippen molar-refractivity contribution in [3.05, 3.63) is 35.1 Å². The second-order valence-corrected chi connectivity index (χ2v) is 9.29. The number of nitrogens with zero attached hydrogens (tertiary/aromatic N) is 1. The van der Waals surface area contributed by atoms with E-state index in [1.807, 2.05) is 13.1 Å². The van der Waals surface area contributed by atoms with Gasteiger partial charge < -0.3 is 35.0 Å². The predicted octanol–water partition coefficient (Wildman–Crippen LogP) is 0.100. The summed E-state index contributed by atoms with van der Waals surface area (Å²) in [7, 11) is 2.01. The zero-order valence-corrected chi connectivity index (χ0v) is 18.1. The molecule has 9 heteroatoms. The normalized spacial score (nSPS) is 32.9. The highest BCUT2D eigenvalue weighted by atomic mass is 16.6. The van der Waals surface area contributed by atoms with Crippen molar-refractivity contribution in [1.82, 2.24) is 10.2 Å². The molecule has 5 rings (SSSR count). The molecule has 1 fully saturated rings. The van der Waals surface area contributed by atoms with Gasteiger partial charge in [-0.25, -0.2) is 0 Å². The monoisotopic (exact) mass is 444 g/mol. The molecular formula is C23H28N2O7. The summed E-state index contributed by atoms with van der Waals surface area (Å²) >= 11 is 0. The molecule has 1 spiro atoms. The van der Waals surface area contributed by atoms with Crippen LogP contribution in [0.2, 0.25) is 0 Å². The molecule has 4 N–H and O–H groups in total. The van der Waals surface area contributed by atoms with Gasteiger partial charge in [0.05, 0.1) is 17.4 Å². The maximum absolute atomic E-state index is 12.5. The van der Waals surface area contributed by atoms with Crippen molar-refractivity contribution < 1.29 is 34.4 Å². The van der Waals surface area contributed by atoms with E-state index in [-0.39, 0.29) is 24.8 Å². The number of nitrogens with one attached hydrogen (secondary N) is 1. The summed E-state index contributed by atoms with van der Waals surface area (Å²) in [5.74, 6) is -0.405. The number of piperidine rings is 1. The number of amides is 1. The molecule has 2 aliphatic carbocycles. The van der Waals surface area contributed by atoms with E-state index < -0.39 is 35.1 Å². The van der Waals surface area contributed by atoms with Gasteiger partial charge in [0.1, 0.15) is 11.9 Å². The molecule has 2 bridgehead atoms. The van der Waals surface area contributed by atoms with Crippen molar-refractivity contribution in [2.45, 2.75) is 61.9 Å².